The summed E-state index contributed by atoms with van der Waals surface area (Å²) in [5, 5.41) is 3.43. The number of rotatable bonds is 1. The van der Waals surface area contributed by atoms with Crippen LogP contribution < -0.4 is 5.32 Å². The summed E-state index contributed by atoms with van der Waals surface area (Å²) in [7, 11) is 0. The van der Waals surface area contributed by atoms with Crippen LogP contribution in [-0.4, -0.2) is 6.54 Å². The number of nitrogens with one attached hydrogen (secondary N) is 1. The van der Waals surface area contributed by atoms with Gasteiger partial charge in [0.1, 0.15) is 0 Å². The highest BCUT2D eigenvalue weighted by molar-refractivity contribution is 5.68. The van der Waals surface area contributed by atoms with Crippen LogP contribution in [0.2, 0.25) is 0 Å². The van der Waals surface area contributed by atoms with Crippen molar-refractivity contribution in [3.05, 3.63) is 59.2 Å². The first kappa shape index (κ1) is 10.5. The van der Waals surface area contributed by atoms with E-state index in [4.69, 9.17) is 0 Å². The van der Waals surface area contributed by atoms with Crippen molar-refractivity contribution in [1.29, 1.82) is 0 Å². The zero-order valence-electron chi connectivity index (χ0n) is 10.2. The quantitative estimate of drug-likeness (QED) is 0.782. The minimum absolute atomic E-state index is 1.01. The first-order valence-corrected chi connectivity index (χ1v) is 6.23. The molecule has 0 unspecified atom stereocenters. The highest BCUT2D eigenvalue weighted by atomic mass is 14.9. The molecule has 0 saturated carbocycles. The Kier molecular flexibility index (Phi) is 2.69. The zero-order chi connectivity index (χ0) is 11.7. The lowest BCUT2D eigenvalue weighted by Crippen LogP contribution is -2.23. The zero-order valence-corrected chi connectivity index (χ0v) is 10.2. The molecule has 0 bridgehead atoms. The van der Waals surface area contributed by atoms with Crippen molar-refractivity contribution in [3.63, 3.8) is 0 Å². The molecule has 0 fully saturated rings. The van der Waals surface area contributed by atoms with Gasteiger partial charge in [0.25, 0.3) is 0 Å². The van der Waals surface area contributed by atoms with Gasteiger partial charge in [-0.25, -0.2) is 0 Å². The van der Waals surface area contributed by atoms with Crippen molar-refractivity contribution < 1.29 is 0 Å². The van der Waals surface area contributed by atoms with Crippen LogP contribution in [0.4, 0.5) is 0 Å². The molecular weight excluding hydrogens is 206 g/mol. The van der Waals surface area contributed by atoms with Gasteiger partial charge >= 0.3 is 0 Å². The van der Waals surface area contributed by atoms with Crippen molar-refractivity contribution >= 4 is 0 Å². The molecule has 3 rings (SSSR count). The maximum atomic E-state index is 3.43. The fourth-order valence-corrected chi connectivity index (χ4v) is 2.54. The molecular formula is C16H17N. The lowest BCUT2D eigenvalue weighted by molar-refractivity contribution is 0.644. The molecule has 0 amide bonds. The lowest BCUT2D eigenvalue weighted by atomic mass is 9.94. The molecule has 2 aromatic carbocycles. The maximum absolute atomic E-state index is 3.43. The summed E-state index contributed by atoms with van der Waals surface area (Å²) in [5.41, 5.74) is 6.99. The molecule has 0 aromatic heterocycles. The smallest absolute Gasteiger partial charge is 0.0208 e. The summed E-state index contributed by atoms with van der Waals surface area (Å²) < 4.78 is 0. The molecule has 0 saturated heterocycles. The third-order valence-corrected chi connectivity index (χ3v) is 3.55. The minimum Gasteiger partial charge on any atom is -0.312 e. The van der Waals surface area contributed by atoms with Gasteiger partial charge in [0.05, 0.1) is 0 Å². The van der Waals surface area contributed by atoms with Crippen molar-refractivity contribution in [3.8, 4) is 11.1 Å². The molecule has 17 heavy (non-hydrogen) atoms. The van der Waals surface area contributed by atoms with Gasteiger partial charge in [-0.15, -0.1) is 0 Å². The second kappa shape index (κ2) is 4.34. The van der Waals surface area contributed by atoms with E-state index in [0.717, 1.165) is 19.5 Å². The van der Waals surface area contributed by atoms with Crippen LogP contribution in [0.1, 0.15) is 16.7 Å². The summed E-state index contributed by atoms with van der Waals surface area (Å²) in [5.74, 6) is 0. The van der Waals surface area contributed by atoms with E-state index >= 15 is 0 Å². The first-order valence-electron chi connectivity index (χ1n) is 6.23. The van der Waals surface area contributed by atoms with Crippen LogP contribution >= 0.6 is 0 Å². The molecule has 0 radical (unpaired) electrons. The average molecular weight is 223 g/mol. The van der Waals surface area contributed by atoms with E-state index < -0.39 is 0 Å². The first-order chi connectivity index (χ1) is 8.34. The second-order valence-corrected chi connectivity index (χ2v) is 4.73. The van der Waals surface area contributed by atoms with Crippen LogP contribution in [0, 0.1) is 6.92 Å². The predicted molar refractivity (Wildman–Crippen MR) is 72.0 cm³/mol. The highest BCUT2D eigenvalue weighted by Gasteiger charge is 2.10. The Hall–Kier alpha value is -1.60. The SMILES string of the molecule is Cc1ccccc1-c1ccc2c(c1)CNCC2. The van der Waals surface area contributed by atoms with E-state index in [1.807, 2.05) is 0 Å². The number of hydrogen-bond acceptors (Lipinski definition) is 1. The van der Waals surface area contributed by atoms with E-state index in [1.54, 1.807) is 0 Å². The van der Waals surface area contributed by atoms with Crippen LogP contribution in [0.5, 0.6) is 0 Å². The van der Waals surface area contributed by atoms with Crippen molar-refractivity contribution in [2.45, 2.75) is 19.9 Å². The highest BCUT2D eigenvalue weighted by Crippen LogP contribution is 2.26. The largest absolute Gasteiger partial charge is 0.312 e. The maximum Gasteiger partial charge on any atom is 0.0208 e. The monoisotopic (exact) mass is 223 g/mol. The van der Waals surface area contributed by atoms with Gasteiger partial charge in [0, 0.05) is 6.54 Å². The van der Waals surface area contributed by atoms with E-state index in [9.17, 15) is 0 Å². The van der Waals surface area contributed by atoms with Gasteiger partial charge in [0.15, 0.2) is 0 Å². The van der Waals surface area contributed by atoms with Gasteiger partial charge in [-0.1, -0.05) is 36.4 Å². The molecule has 1 nitrogen and oxygen atoms in total. The van der Waals surface area contributed by atoms with E-state index in [-0.39, 0.29) is 0 Å². The molecule has 1 aliphatic rings. The van der Waals surface area contributed by atoms with Crippen LogP contribution in [0.25, 0.3) is 11.1 Å². The van der Waals surface area contributed by atoms with Crippen LogP contribution in [0.3, 0.4) is 0 Å². The fourth-order valence-electron chi connectivity index (χ4n) is 2.54. The van der Waals surface area contributed by atoms with Crippen molar-refractivity contribution in [1.82, 2.24) is 5.32 Å². The van der Waals surface area contributed by atoms with E-state index in [1.165, 1.54) is 27.8 Å². The molecule has 1 heterocycles. The average Bonchev–Trinajstić information content (AvgIpc) is 2.39. The Morgan fingerprint density at radius 2 is 1.88 bits per heavy atom. The van der Waals surface area contributed by atoms with Gasteiger partial charge in [0.2, 0.25) is 0 Å². The topological polar surface area (TPSA) is 12.0 Å². The Balaban J connectivity index is 2.07. The van der Waals surface area contributed by atoms with Crippen LogP contribution in [-0.2, 0) is 13.0 Å². The van der Waals surface area contributed by atoms with Gasteiger partial charge in [-0.3, -0.25) is 0 Å². The van der Waals surface area contributed by atoms with Gasteiger partial charge in [-0.2, -0.15) is 0 Å². The number of hydrogen-bond donors (Lipinski definition) is 1. The molecule has 1 heteroatoms. The second-order valence-electron chi connectivity index (χ2n) is 4.73. The Morgan fingerprint density at radius 1 is 1.00 bits per heavy atom. The third kappa shape index (κ3) is 1.98. The van der Waals surface area contributed by atoms with Crippen molar-refractivity contribution in [2.24, 2.45) is 0 Å². The third-order valence-electron chi connectivity index (χ3n) is 3.55. The standard InChI is InChI=1S/C16H17N/c1-12-4-2-3-5-16(12)14-7-6-13-8-9-17-11-15(13)10-14/h2-7,10,17H,8-9,11H2,1H3. The van der Waals surface area contributed by atoms with E-state index in [2.05, 4.69) is 54.7 Å². The molecule has 0 atom stereocenters. The van der Waals surface area contributed by atoms with E-state index in [0.29, 0.717) is 0 Å². The Labute approximate surface area is 102 Å². The number of aryl methyl sites for hydroxylation is 1. The van der Waals surface area contributed by atoms with Gasteiger partial charge < -0.3 is 5.32 Å². The summed E-state index contributed by atoms with van der Waals surface area (Å²) in [4.78, 5) is 0. The predicted octanol–water partition coefficient (Wildman–Crippen LogP) is 3.31. The molecule has 2 aromatic rings. The molecule has 0 spiro atoms. The molecule has 1 aliphatic heterocycles. The molecule has 0 aliphatic carbocycles. The normalized spacial score (nSPS) is 14.4. The van der Waals surface area contributed by atoms with Gasteiger partial charge in [-0.05, 0) is 53.8 Å². The summed E-state index contributed by atoms with van der Waals surface area (Å²) >= 11 is 0. The summed E-state index contributed by atoms with van der Waals surface area (Å²) in [6.45, 7) is 4.29. The summed E-state index contributed by atoms with van der Waals surface area (Å²) in [6.07, 6.45) is 1.16. The molecule has 1 N–H and O–H groups in total. The summed E-state index contributed by atoms with van der Waals surface area (Å²) in [6, 6.07) is 15.5. The van der Waals surface area contributed by atoms with Crippen molar-refractivity contribution in [2.75, 3.05) is 6.54 Å². The lowest BCUT2D eigenvalue weighted by Gasteiger charge is -2.18. The molecule has 86 valence electrons. The fraction of sp³-hybridized carbons (Fsp3) is 0.250. The number of fused-ring (bicyclic) bond motifs is 1. The minimum atomic E-state index is 1.01. The Morgan fingerprint density at radius 3 is 2.76 bits per heavy atom. The number of benzene rings is 2. The van der Waals surface area contributed by atoms with Crippen LogP contribution in [0.15, 0.2) is 42.5 Å². The Bertz CT molecular complexity index is 543.